The average Bonchev–Trinajstić information content (AvgIpc) is 2.38. The van der Waals surface area contributed by atoms with Gasteiger partial charge in [0.15, 0.2) is 0 Å². The lowest BCUT2D eigenvalue weighted by Crippen LogP contribution is -2.10. The zero-order chi connectivity index (χ0) is 12.7. The molecule has 1 rings (SSSR count). The number of allylic oxidation sites excluding steroid dienone is 5. The fourth-order valence-electron chi connectivity index (χ4n) is 2.66. The van der Waals surface area contributed by atoms with Crippen molar-refractivity contribution in [2.75, 3.05) is 0 Å². The second-order valence-electron chi connectivity index (χ2n) is 5.29. The Kier molecular flexibility index (Phi) is 6.32. The van der Waals surface area contributed by atoms with Gasteiger partial charge in [0, 0.05) is 0 Å². The lowest BCUT2D eigenvalue weighted by atomic mass is 9.81. The standard InChI is InChI=1S/C17H28/c1-5-10-17(13-15(4)14(3)6-2)16-11-8-7-9-12-16/h7-8,10,15-16H,3,5-6,9,11-13H2,1-2,4H3/b17-10+. The van der Waals surface area contributed by atoms with Crippen molar-refractivity contribution in [2.45, 2.75) is 59.3 Å². The van der Waals surface area contributed by atoms with E-state index in [0.29, 0.717) is 5.92 Å². The lowest BCUT2D eigenvalue weighted by Gasteiger charge is -2.25. The van der Waals surface area contributed by atoms with Crippen molar-refractivity contribution >= 4 is 0 Å². The zero-order valence-electron chi connectivity index (χ0n) is 11.8. The van der Waals surface area contributed by atoms with Crippen molar-refractivity contribution in [1.82, 2.24) is 0 Å². The maximum absolute atomic E-state index is 4.19. The van der Waals surface area contributed by atoms with Crippen molar-refractivity contribution in [3.63, 3.8) is 0 Å². The Balaban J connectivity index is 2.63. The molecule has 0 aromatic heterocycles. The minimum atomic E-state index is 0.642. The molecule has 2 unspecified atom stereocenters. The molecule has 0 aromatic rings. The van der Waals surface area contributed by atoms with E-state index in [0.717, 1.165) is 12.3 Å². The molecule has 96 valence electrons. The van der Waals surface area contributed by atoms with Gasteiger partial charge in [0.2, 0.25) is 0 Å². The molecule has 0 aromatic carbocycles. The van der Waals surface area contributed by atoms with Crippen LogP contribution >= 0.6 is 0 Å². The van der Waals surface area contributed by atoms with E-state index in [1.807, 2.05) is 0 Å². The predicted molar refractivity (Wildman–Crippen MR) is 78.1 cm³/mol. The Bertz CT molecular complexity index is 293. The summed E-state index contributed by atoms with van der Waals surface area (Å²) in [6, 6.07) is 0. The Morgan fingerprint density at radius 3 is 2.71 bits per heavy atom. The van der Waals surface area contributed by atoms with Gasteiger partial charge in [-0.1, -0.05) is 56.7 Å². The summed E-state index contributed by atoms with van der Waals surface area (Å²) < 4.78 is 0. The van der Waals surface area contributed by atoms with Gasteiger partial charge in [-0.25, -0.2) is 0 Å². The first kappa shape index (κ1) is 14.3. The first-order valence-corrected chi connectivity index (χ1v) is 7.20. The minimum absolute atomic E-state index is 0.642. The van der Waals surface area contributed by atoms with E-state index in [1.54, 1.807) is 5.57 Å². The van der Waals surface area contributed by atoms with Gasteiger partial charge in [0.1, 0.15) is 0 Å². The van der Waals surface area contributed by atoms with E-state index in [9.17, 15) is 0 Å². The second-order valence-corrected chi connectivity index (χ2v) is 5.29. The van der Waals surface area contributed by atoms with Gasteiger partial charge in [-0.3, -0.25) is 0 Å². The number of hydrogen-bond donors (Lipinski definition) is 0. The highest BCUT2D eigenvalue weighted by Crippen LogP contribution is 2.32. The second kappa shape index (κ2) is 7.53. The minimum Gasteiger partial charge on any atom is -0.0996 e. The summed E-state index contributed by atoms with van der Waals surface area (Å²) in [5.74, 6) is 1.44. The fourth-order valence-corrected chi connectivity index (χ4v) is 2.66. The number of rotatable bonds is 6. The summed E-state index contributed by atoms with van der Waals surface area (Å²) in [6.07, 6.45) is 14.5. The van der Waals surface area contributed by atoms with Crippen LogP contribution in [0.1, 0.15) is 59.3 Å². The normalized spacial score (nSPS) is 22.5. The molecule has 1 aliphatic rings. The van der Waals surface area contributed by atoms with E-state index < -0.39 is 0 Å². The van der Waals surface area contributed by atoms with Crippen molar-refractivity contribution in [3.8, 4) is 0 Å². The zero-order valence-corrected chi connectivity index (χ0v) is 11.8. The monoisotopic (exact) mass is 232 g/mol. The number of hydrogen-bond acceptors (Lipinski definition) is 0. The molecule has 17 heavy (non-hydrogen) atoms. The van der Waals surface area contributed by atoms with Crippen LogP contribution in [0, 0.1) is 11.8 Å². The molecule has 0 heteroatoms. The van der Waals surface area contributed by atoms with E-state index in [-0.39, 0.29) is 0 Å². The molecular formula is C17H28. The van der Waals surface area contributed by atoms with Crippen LogP contribution in [0.2, 0.25) is 0 Å². The Hall–Kier alpha value is -0.780. The average molecular weight is 232 g/mol. The van der Waals surface area contributed by atoms with Gasteiger partial charge < -0.3 is 0 Å². The van der Waals surface area contributed by atoms with E-state index in [2.05, 4.69) is 45.6 Å². The van der Waals surface area contributed by atoms with Gasteiger partial charge in [-0.15, -0.1) is 0 Å². The first-order valence-electron chi connectivity index (χ1n) is 7.20. The summed E-state index contributed by atoms with van der Waals surface area (Å²) >= 11 is 0. The summed E-state index contributed by atoms with van der Waals surface area (Å²) in [7, 11) is 0. The predicted octanol–water partition coefficient (Wildman–Crippen LogP) is 5.67. The molecule has 1 aliphatic carbocycles. The van der Waals surface area contributed by atoms with Crippen LogP contribution in [0.25, 0.3) is 0 Å². The van der Waals surface area contributed by atoms with Gasteiger partial charge in [-0.05, 0) is 50.4 Å². The van der Waals surface area contributed by atoms with Gasteiger partial charge in [0.05, 0.1) is 0 Å². The maximum atomic E-state index is 4.19. The summed E-state index contributed by atoms with van der Waals surface area (Å²) in [5.41, 5.74) is 3.08. The molecular weight excluding hydrogens is 204 g/mol. The van der Waals surface area contributed by atoms with Crippen LogP contribution in [0.5, 0.6) is 0 Å². The smallest absolute Gasteiger partial charge is 0.0165 e. The third kappa shape index (κ3) is 4.53. The summed E-state index contributed by atoms with van der Waals surface area (Å²) in [5, 5.41) is 0. The van der Waals surface area contributed by atoms with E-state index >= 15 is 0 Å². The largest absolute Gasteiger partial charge is 0.0996 e. The molecule has 0 saturated carbocycles. The summed E-state index contributed by atoms with van der Waals surface area (Å²) in [6.45, 7) is 11.0. The van der Waals surface area contributed by atoms with Crippen molar-refractivity contribution in [3.05, 3.63) is 36.0 Å². The molecule has 0 bridgehead atoms. The van der Waals surface area contributed by atoms with Crippen molar-refractivity contribution in [2.24, 2.45) is 11.8 Å². The van der Waals surface area contributed by atoms with E-state index in [1.165, 1.54) is 37.7 Å². The molecule has 0 N–H and O–H groups in total. The van der Waals surface area contributed by atoms with Crippen LogP contribution < -0.4 is 0 Å². The molecule has 0 radical (unpaired) electrons. The molecule has 0 aliphatic heterocycles. The lowest BCUT2D eigenvalue weighted by molar-refractivity contribution is 0.502. The Labute approximate surface area is 108 Å². The van der Waals surface area contributed by atoms with Gasteiger partial charge in [0.25, 0.3) is 0 Å². The summed E-state index contributed by atoms with van der Waals surface area (Å²) in [4.78, 5) is 0. The highest BCUT2D eigenvalue weighted by atomic mass is 14.2. The fraction of sp³-hybridized carbons (Fsp3) is 0.647. The van der Waals surface area contributed by atoms with Crippen molar-refractivity contribution < 1.29 is 0 Å². The van der Waals surface area contributed by atoms with Crippen LogP contribution in [0.3, 0.4) is 0 Å². The molecule has 0 nitrogen and oxygen atoms in total. The molecule has 0 saturated heterocycles. The van der Waals surface area contributed by atoms with E-state index in [4.69, 9.17) is 0 Å². The Morgan fingerprint density at radius 2 is 2.18 bits per heavy atom. The Morgan fingerprint density at radius 1 is 1.41 bits per heavy atom. The molecule has 0 amide bonds. The molecule has 0 fully saturated rings. The highest BCUT2D eigenvalue weighted by molar-refractivity contribution is 5.15. The van der Waals surface area contributed by atoms with Crippen LogP contribution in [-0.2, 0) is 0 Å². The third-order valence-electron chi connectivity index (χ3n) is 3.95. The molecule has 2 atom stereocenters. The topological polar surface area (TPSA) is 0 Å². The SMILES string of the molecule is C=C(CC)C(C)C/C(=C\CC)C1CC=CCC1. The highest BCUT2D eigenvalue weighted by Gasteiger charge is 2.17. The maximum Gasteiger partial charge on any atom is -0.0165 e. The van der Waals surface area contributed by atoms with Gasteiger partial charge >= 0.3 is 0 Å². The third-order valence-corrected chi connectivity index (χ3v) is 3.95. The van der Waals surface area contributed by atoms with Crippen LogP contribution in [-0.4, -0.2) is 0 Å². The first-order chi connectivity index (χ1) is 8.19. The van der Waals surface area contributed by atoms with Crippen molar-refractivity contribution in [1.29, 1.82) is 0 Å². The quantitative estimate of drug-likeness (QED) is 0.517. The van der Waals surface area contributed by atoms with Gasteiger partial charge in [-0.2, -0.15) is 0 Å². The van der Waals surface area contributed by atoms with Crippen LogP contribution in [0.4, 0.5) is 0 Å². The van der Waals surface area contributed by atoms with Crippen LogP contribution in [0.15, 0.2) is 36.0 Å². The molecule has 0 heterocycles. The molecule has 0 spiro atoms.